The van der Waals surface area contributed by atoms with E-state index in [1.54, 1.807) is 0 Å². The Balaban J connectivity index is 2.34. The van der Waals surface area contributed by atoms with Crippen molar-refractivity contribution in [1.82, 2.24) is 0 Å². The predicted molar refractivity (Wildman–Crippen MR) is 34.4 cm³/mol. The fourth-order valence-corrected chi connectivity index (χ4v) is 0.707. The largest absolute Gasteiger partial charge is 0.218 e. The van der Waals surface area contributed by atoms with Gasteiger partial charge in [0.25, 0.3) is 0 Å². The van der Waals surface area contributed by atoms with E-state index in [1.807, 2.05) is 11.6 Å². The molecule has 6 heavy (non-hydrogen) atoms. The van der Waals surface area contributed by atoms with Gasteiger partial charge >= 0.3 is 0 Å². The van der Waals surface area contributed by atoms with Crippen LogP contribution in [0.3, 0.4) is 0 Å². The molecule has 0 rings (SSSR count). The monoisotopic (exact) mass is 101 g/mol. The van der Waals surface area contributed by atoms with Crippen molar-refractivity contribution in [3.05, 3.63) is 0 Å². The van der Waals surface area contributed by atoms with E-state index in [0.717, 1.165) is 0 Å². The second-order valence-electron chi connectivity index (χ2n) is 1.11. The molecule has 0 nitrogen and oxygen atoms in total. The van der Waals surface area contributed by atoms with E-state index in [9.17, 15) is 0 Å². The molecule has 0 saturated heterocycles. The summed E-state index contributed by atoms with van der Waals surface area (Å²) in [7, 11) is 0. The van der Waals surface area contributed by atoms with Gasteiger partial charge in [-0.15, -0.1) is 0 Å². The molecule has 0 bridgehead atoms. The Kier molecular flexibility index (Phi) is 5.79. The van der Waals surface area contributed by atoms with E-state index in [0.29, 0.717) is 0 Å². The number of hydrogen-bond acceptors (Lipinski definition) is 1. The van der Waals surface area contributed by atoms with Crippen LogP contribution in [0.25, 0.3) is 0 Å². The number of hydrogen-bond donors (Lipinski definition) is 0. The fourth-order valence-electron chi connectivity index (χ4n) is 0.236. The molecule has 0 unspecified atom stereocenters. The van der Waals surface area contributed by atoms with Crippen LogP contribution in [0.5, 0.6) is 0 Å². The van der Waals surface area contributed by atoms with Crippen molar-refractivity contribution in [2.75, 3.05) is 5.75 Å². The molecule has 0 saturated carbocycles. The lowest BCUT2D eigenvalue weighted by molar-refractivity contribution is 1.11. The maximum atomic E-state index is 2.19. The van der Waals surface area contributed by atoms with E-state index in [2.05, 4.69) is 20.3 Å². The zero-order valence-corrected chi connectivity index (χ0v) is 5.22. The first-order valence-corrected chi connectivity index (χ1v) is 3.36. The average molecular weight is 101 g/mol. The molecule has 0 N–H and O–H groups in total. The van der Waals surface area contributed by atoms with Gasteiger partial charge in [0, 0.05) is 0 Å². The molecule has 0 aliphatic heterocycles. The highest BCUT2D eigenvalue weighted by Crippen LogP contribution is 1.96. The van der Waals surface area contributed by atoms with E-state index in [-0.39, 0.29) is 0 Å². The molecule has 0 aliphatic rings. The molecule has 35 valence electrons. The minimum atomic E-state index is 1.27. The number of rotatable bonds is 3. The van der Waals surface area contributed by atoms with Gasteiger partial charge in [0.15, 0.2) is 6.56 Å². The summed E-state index contributed by atoms with van der Waals surface area (Å²) in [5, 5.41) is 0. The zero-order valence-electron chi connectivity index (χ0n) is 4.40. The van der Waals surface area contributed by atoms with E-state index < -0.39 is 0 Å². The molecule has 0 fully saturated rings. The minimum Gasteiger partial charge on any atom is -0.218 e. The molecule has 0 aromatic rings. The Morgan fingerprint density at radius 3 is 2.50 bits per heavy atom. The first-order chi connectivity index (χ1) is 2.91. The SMILES string of the molecule is C[B]SCCC. The van der Waals surface area contributed by atoms with Crippen molar-refractivity contribution in [3.8, 4) is 0 Å². The summed E-state index contributed by atoms with van der Waals surface area (Å²) in [6.45, 7) is 6.39. The van der Waals surface area contributed by atoms with Gasteiger partial charge in [-0.3, -0.25) is 0 Å². The highest BCUT2D eigenvalue weighted by Gasteiger charge is 1.77. The third-order valence-corrected chi connectivity index (χ3v) is 1.47. The molecular formula is C4H10BS. The second kappa shape index (κ2) is 5.41. The summed E-state index contributed by atoms with van der Waals surface area (Å²) in [6.07, 6.45) is 1.29. The molecule has 2 heteroatoms. The van der Waals surface area contributed by atoms with Crippen LogP contribution in [0.15, 0.2) is 0 Å². The normalized spacial score (nSPS) is 8.33. The minimum absolute atomic E-state index is 1.27. The van der Waals surface area contributed by atoms with Crippen molar-refractivity contribution in [2.45, 2.75) is 20.2 Å². The third kappa shape index (κ3) is 4.41. The summed E-state index contributed by atoms with van der Waals surface area (Å²) >= 11 is 1.88. The quantitative estimate of drug-likeness (QED) is 0.385. The fraction of sp³-hybridized carbons (Fsp3) is 1.00. The van der Waals surface area contributed by atoms with Gasteiger partial charge in [-0.25, -0.2) is 11.6 Å². The van der Waals surface area contributed by atoms with Crippen LogP contribution in [-0.2, 0) is 0 Å². The standard InChI is InChI=1S/C4H10BS/c1-3-4-6-5-2/h3-4H2,1-2H3. The van der Waals surface area contributed by atoms with Gasteiger partial charge in [0.1, 0.15) is 0 Å². The summed E-state index contributed by atoms with van der Waals surface area (Å²) in [5.74, 6) is 1.27. The van der Waals surface area contributed by atoms with Gasteiger partial charge in [-0.05, 0) is 12.2 Å². The topological polar surface area (TPSA) is 0 Å². The molecule has 0 aromatic carbocycles. The Morgan fingerprint density at radius 1 is 1.67 bits per heavy atom. The lowest BCUT2D eigenvalue weighted by Crippen LogP contribution is -1.75. The van der Waals surface area contributed by atoms with Gasteiger partial charge in [0.05, 0.1) is 0 Å². The lowest BCUT2D eigenvalue weighted by Gasteiger charge is -1.86. The maximum absolute atomic E-state index is 2.19. The lowest BCUT2D eigenvalue weighted by atomic mass is 10.2. The average Bonchev–Trinajstić information content (AvgIpc) is 1.61. The predicted octanol–water partition coefficient (Wildman–Crippen LogP) is 1.80. The molecule has 0 amide bonds. The first kappa shape index (κ1) is 6.41. The van der Waals surface area contributed by atoms with Crippen LogP contribution >= 0.6 is 11.6 Å². The Bertz CT molecular complexity index is 19.5. The van der Waals surface area contributed by atoms with E-state index in [1.165, 1.54) is 12.2 Å². The van der Waals surface area contributed by atoms with Gasteiger partial charge < -0.3 is 0 Å². The smallest absolute Gasteiger partial charge is 0.188 e. The first-order valence-electron chi connectivity index (χ1n) is 2.31. The maximum Gasteiger partial charge on any atom is 0.188 e. The highest BCUT2D eigenvalue weighted by molar-refractivity contribution is 8.22. The summed E-state index contributed by atoms with van der Waals surface area (Å²) in [5.41, 5.74) is 0. The molecule has 0 aliphatic carbocycles. The Labute approximate surface area is 44.8 Å². The van der Waals surface area contributed by atoms with Crippen molar-refractivity contribution in [2.24, 2.45) is 0 Å². The van der Waals surface area contributed by atoms with Crippen LogP contribution in [0.4, 0.5) is 0 Å². The molecule has 0 aromatic heterocycles. The van der Waals surface area contributed by atoms with Gasteiger partial charge in [-0.1, -0.05) is 13.7 Å². The molecule has 1 radical (unpaired) electrons. The molecule has 0 spiro atoms. The Hall–Kier alpha value is 0.415. The van der Waals surface area contributed by atoms with Crippen molar-refractivity contribution in [1.29, 1.82) is 0 Å². The molecule has 0 atom stereocenters. The van der Waals surface area contributed by atoms with Gasteiger partial charge in [0.2, 0.25) is 0 Å². The zero-order chi connectivity index (χ0) is 4.83. The van der Waals surface area contributed by atoms with Crippen LogP contribution in [0.2, 0.25) is 6.82 Å². The third-order valence-electron chi connectivity index (χ3n) is 0.489. The van der Waals surface area contributed by atoms with Crippen molar-refractivity contribution in [3.63, 3.8) is 0 Å². The summed E-state index contributed by atoms with van der Waals surface area (Å²) < 4.78 is 0. The van der Waals surface area contributed by atoms with E-state index >= 15 is 0 Å². The van der Waals surface area contributed by atoms with Crippen molar-refractivity contribution < 1.29 is 0 Å². The molecular weight excluding hydrogens is 90.9 g/mol. The van der Waals surface area contributed by atoms with Crippen LogP contribution in [0.1, 0.15) is 13.3 Å². The molecule has 0 heterocycles. The highest BCUT2D eigenvalue weighted by atomic mass is 32.2. The summed E-state index contributed by atoms with van der Waals surface area (Å²) in [4.78, 5) is 0. The Morgan fingerprint density at radius 2 is 2.33 bits per heavy atom. The van der Waals surface area contributed by atoms with Crippen molar-refractivity contribution >= 4 is 18.2 Å². The van der Waals surface area contributed by atoms with Crippen LogP contribution < -0.4 is 0 Å². The second-order valence-corrected chi connectivity index (χ2v) is 2.32. The van der Waals surface area contributed by atoms with E-state index in [4.69, 9.17) is 0 Å². The van der Waals surface area contributed by atoms with Gasteiger partial charge in [-0.2, -0.15) is 0 Å². The van der Waals surface area contributed by atoms with Crippen LogP contribution in [0, 0.1) is 0 Å². The summed E-state index contributed by atoms with van der Waals surface area (Å²) in [6, 6.07) is 0. The van der Waals surface area contributed by atoms with Crippen LogP contribution in [-0.4, -0.2) is 12.3 Å².